The number of hydrogen-bond donors (Lipinski definition) is 0. The van der Waals surface area contributed by atoms with Crippen molar-refractivity contribution in [1.29, 1.82) is 0 Å². The SMILES string of the molecule is CC(C)n1ncc2c1CC[C@H](Br)C2. The Kier molecular flexibility index (Phi) is 2.45. The third-order valence-corrected chi connectivity index (χ3v) is 3.39. The van der Waals surface area contributed by atoms with Crippen LogP contribution in [0.3, 0.4) is 0 Å². The van der Waals surface area contributed by atoms with Crippen LogP contribution in [-0.2, 0) is 12.8 Å². The lowest BCUT2D eigenvalue weighted by Crippen LogP contribution is -2.16. The maximum absolute atomic E-state index is 4.43. The second kappa shape index (κ2) is 3.45. The van der Waals surface area contributed by atoms with Gasteiger partial charge in [-0.2, -0.15) is 5.10 Å². The van der Waals surface area contributed by atoms with Crippen LogP contribution in [0.4, 0.5) is 0 Å². The van der Waals surface area contributed by atoms with Gasteiger partial charge in [-0.1, -0.05) is 15.9 Å². The summed E-state index contributed by atoms with van der Waals surface area (Å²) < 4.78 is 2.16. The summed E-state index contributed by atoms with van der Waals surface area (Å²) >= 11 is 3.67. The summed E-state index contributed by atoms with van der Waals surface area (Å²) in [4.78, 5) is 0.657. The topological polar surface area (TPSA) is 17.8 Å². The molecule has 2 nitrogen and oxygen atoms in total. The zero-order chi connectivity index (χ0) is 9.42. The van der Waals surface area contributed by atoms with Gasteiger partial charge in [0.25, 0.3) is 0 Å². The summed E-state index contributed by atoms with van der Waals surface area (Å²) in [6, 6.07) is 0.496. The van der Waals surface area contributed by atoms with Gasteiger partial charge in [0.05, 0.1) is 6.20 Å². The van der Waals surface area contributed by atoms with E-state index in [4.69, 9.17) is 0 Å². The van der Waals surface area contributed by atoms with E-state index >= 15 is 0 Å². The van der Waals surface area contributed by atoms with Gasteiger partial charge in [-0.05, 0) is 38.7 Å². The van der Waals surface area contributed by atoms with Gasteiger partial charge in [-0.15, -0.1) is 0 Å². The van der Waals surface area contributed by atoms with E-state index in [9.17, 15) is 0 Å². The van der Waals surface area contributed by atoms with Gasteiger partial charge < -0.3 is 0 Å². The van der Waals surface area contributed by atoms with Gasteiger partial charge in [-0.25, -0.2) is 0 Å². The van der Waals surface area contributed by atoms with Crippen molar-refractivity contribution < 1.29 is 0 Å². The summed E-state index contributed by atoms with van der Waals surface area (Å²) in [5.74, 6) is 0. The Morgan fingerprint density at radius 1 is 1.62 bits per heavy atom. The van der Waals surface area contributed by atoms with Crippen molar-refractivity contribution in [1.82, 2.24) is 9.78 Å². The Balaban J connectivity index is 2.33. The lowest BCUT2D eigenvalue weighted by atomic mass is 9.98. The molecule has 1 aliphatic carbocycles. The molecule has 0 N–H and O–H groups in total. The molecule has 1 aromatic heterocycles. The molecule has 0 bridgehead atoms. The van der Waals surface area contributed by atoms with Crippen molar-refractivity contribution in [2.45, 2.75) is 44.0 Å². The predicted molar refractivity (Wildman–Crippen MR) is 57.4 cm³/mol. The van der Waals surface area contributed by atoms with E-state index in [-0.39, 0.29) is 0 Å². The molecule has 1 atom stereocenters. The molecule has 0 fully saturated rings. The van der Waals surface area contributed by atoms with Crippen molar-refractivity contribution in [2.24, 2.45) is 0 Å². The standard InChI is InChI=1S/C10H15BrN2/c1-7(2)13-10-4-3-9(11)5-8(10)6-12-13/h6-7,9H,3-5H2,1-2H3/t9-/m0/s1. The molecule has 1 aliphatic rings. The lowest BCUT2D eigenvalue weighted by molar-refractivity contribution is 0.497. The fourth-order valence-electron chi connectivity index (χ4n) is 1.95. The van der Waals surface area contributed by atoms with Crippen molar-refractivity contribution in [3.63, 3.8) is 0 Å². The van der Waals surface area contributed by atoms with Crippen LogP contribution in [0.2, 0.25) is 0 Å². The van der Waals surface area contributed by atoms with Crippen LogP contribution in [0.15, 0.2) is 6.20 Å². The highest BCUT2D eigenvalue weighted by Crippen LogP contribution is 2.26. The molecule has 0 saturated carbocycles. The first-order valence-electron chi connectivity index (χ1n) is 4.88. The first-order chi connectivity index (χ1) is 6.18. The van der Waals surface area contributed by atoms with Crippen LogP contribution in [0, 0.1) is 0 Å². The third kappa shape index (κ3) is 1.66. The molecule has 72 valence electrons. The quantitative estimate of drug-likeness (QED) is 0.693. The second-order valence-electron chi connectivity index (χ2n) is 3.99. The Morgan fingerprint density at radius 3 is 3.08 bits per heavy atom. The van der Waals surface area contributed by atoms with Crippen LogP contribution in [-0.4, -0.2) is 14.6 Å². The number of hydrogen-bond acceptors (Lipinski definition) is 1. The molecule has 0 aromatic carbocycles. The second-order valence-corrected chi connectivity index (χ2v) is 5.29. The number of fused-ring (bicyclic) bond motifs is 1. The van der Waals surface area contributed by atoms with Crippen molar-refractivity contribution in [2.75, 3.05) is 0 Å². The van der Waals surface area contributed by atoms with Gasteiger partial charge in [0.2, 0.25) is 0 Å². The molecule has 0 radical (unpaired) electrons. The summed E-state index contributed by atoms with van der Waals surface area (Å²) in [6.45, 7) is 4.38. The number of nitrogens with zero attached hydrogens (tertiary/aromatic N) is 2. The van der Waals surface area contributed by atoms with E-state index in [0.717, 1.165) is 6.42 Å². The summed E-state index contributed by atoms with van der Waals surface area (Å²) in [6.07, 6.45) is 5.58. The van der Waals surface area contributed by atoms with E-state index in [1.54, 1.807) is 0 Å². The number of alkyl halides is 1. The lowest BCUT2D eigenvalue weighted by Gasteiger charge is -2.19. The zero-order valence-electron chi connectivity index (χ0n) is 8.13. The third-order valence-electron chi connectivity index (χ3n) is 2.61. The maximum Gasteiger partial charge on any atom is 0.0525 e. The molecule has 0 spiro atoms. The summed E-state index contributed by atoms with van der Waals surface area (Å²) in [7, 11) is 0. The predicted octanol–water partition coefficient (Wildman–Crippen LogP) is 2.72. The van der Waals surface area contributed by atoms with Gasteiger partial charge in [0.1, 0.15) is 0 Å². The first-order valence-corrected chi connectivity index (χ1v) is 5.79. The van der Waals surface area contributed by atoms with Gasteiger partial charge in [-0.3, -0.25) is 4.68 Å². The molecule has 2 rings (SSSR count). The molecule has 0 amide bonds. The van der Waals surface area contributed by atoms with Gasteiger partial charge >= 0.3 is 0 Å². The van der Waals surface area contributed by atoms with Crippen LogP contribution in [0.5, 0.6) is 0 Å². The molecular formula is C10H15BrN2. The average Bonchev–Trinajstić information content (AvgIpc) is 2.46. The Morgan fingerprint density at radius 2 is 2.38 bits per heavy atom. The monoisotopic (exact) mass is 242 g/mol. The molecule has 1 aromatic rings. The Labute approximate surface area is 87.5 Å². The number of rotatable bonds is 1. The van der Waals surface area contributed by atoms with E-state index in [0.29, 0.717) is 10.9 Å². The minimum Gasteiger partial charge on any atom is -0.267 e. The highest BCUT2D eigenvalue weighted by molar-refractivity contribution is 9.09. The largest absolute Gasteiger partial charge is 0.267 e. The first kappa shape index (κ1) is 9.25. The van der Waals surface area contributed by atoms with E-state index in [1.165, 1.54) is 24.1 Å². The fraction of sp³-hybridized carbons (Fsp3) is 0.700. The number of halogens is 1. The summed E-state index contributed by atoms with van der Waals surface area (Å²) in [5.41, 5.74) is 2.88. The van der Waals surface area contributed by atoms with Crippen LogP contribution >= 0.6 is 15.9 Å². The molecule has 0 aliphatic heterocycles. The molecule has 3 heteroatoms. The van der Waals surface area contributed by atoms with Crippen molar-refractivity contribution >= 4 is 15.9 Å². The van der Waals surface area contributed by atoms with Crippen LogP contribution in [0.25, 0.3) is 0 Å². The Hall–Kier alpha value is -0.310. The maximum atomic E-state index is 4.43. The smallest absolute Gasteiger partial charge is 0.0525 e. The van der Waals surface area contributed by atoms with Gasteiger partial charge in [0, 0.05) is 16.6 Å². The van der Waals surface area contributed by atoms with E-state index in [2.05, 4.69) is 39.6 Å². The zero-order valence-corrected chi connectivity index (χ0v) is 9.71. The van der Waals surface area contributed by atoms with E-state index in [1.807, 2.05) is 6.20 Å². The molecule has 1 heterocycles. The van der Waals surface area contributed by atoms with E-state index < -0.39 is 0 Å². The average molecular weight is 243 g/mol. The highest BCUT2D eigenvalue weighted by atomic mass is 79.9. The molecule has 13 heavy (non-hydrogen) atoms. The minimum atomic E-state index is 0.496. The van der Waals surface area contributed by atoms with Crippen molar-refractivity contribution in [3.05, 3.63) is 17.5 Å². The molecule has 0 unspecified atom stereocenters. The molecule has 0 saturated heterocycles. The van der Waals surface area contributed by atoms with Crippen molar-refractivity contribution in [3.8, 4) is 0 Å². The summed E-state index contributed by atoms with van der Waals surface area (Å²) in [5, 5.41) is 4.43. The normalized spacial score (nSPS) is 22.0. The molecular weight excluding hydrogens is 228 g/mol. The van der Waals surface area contributed by atoms with Crippen LogP contribution < -0.4 is 0 Å². The minimum absolute atomic E-state index is 0.496. The van der Waals surface area contributed by atoms with Gasteiger partial charge in [0.15, 0.2) is 0 Å². The van der Waals surface area contributed by atoms with Crippen LogP contribution in [0.1, 0.15) is 37.6 Å². The Bertz CT molecular complexity index is 304. The fourth-order valence-corrected chi connectivity index (χ4v) is 2.53. The number of aromatic nitrogens is 2. The highest BCUT2D eigenvalue weighted by Gasteiger charge is 2.21.